The predicted molar refractivity (Wildman–Crippen MR) is 70.1 cm³/mol. The van der Waals surface area contributed by atoms with Crippen LogP contribution in [0.15, 0.2) is 36.7 Å². The molecule has 1 heterocycles. The lowest BCUT2D eigenvalue weighted by Gasteiger charge is -2.10. The topological polar surface area (TPSA) is 22.1 Å². The molecule has 2 aromatic rings. The number of aryl methyl sites for hydroxylation is 1. The average molecular weight is 268 g/mol. The van der Waals surface area contributed by atoms with Gasteiger partial charge in [-0.2, -0.15) is 0 Å². The van der Waals surface area contributed by atoms with E-state index in [1.807, 2.05) is 25.1 Å². The fraction of sp³-hybridized carbons (Fsp3) is 0.154. The van der Waals surface area contributed by atoms with Crippen molar-refractivity contribution < 1.29 is 4.74 Å². The van der Waals surface area contributed by atoms with Crippen LogP contribution in [0.4, 0.5) is 0 Å². The van der Waals surface area contributed by atoms with E-state index in [2.05, 4.69) is 4.98 Å². The summed E-state index contributed by atoms with van der Waals surface area (Å²) in [5.74, 6) is 1.67. The lowest BCUT2D eigenvalue weighted by Crippen LogP contribution is -1.91. The summed E-state index contributed by atoms with van der Waals surface area (Å²) in [6, 6.07) is 7.41. The first-order chi connectivity index (χ1) is 8.20. The molecule has 1 aromatic carbocycles. The van der Waals surface area contributed by atoms with Crippen molar-refractivity contribution in [2.75, 3.05) is 0 Å². The largest absolute Gasteiger partial charge is 0.455 e. The molecule has 0 aliphatic rings. The van der Waals surface area contributed by atoms with E-state index in [4.69, 9.17) is 27.9 Å². The molecule has 4 heteroatoms. The van der Waals surface area contributed by atoms with E-state index >= 15 is 0 Å². The Labute approximate surface area is 110 Å². The van der Waals surface area contributed by atoms with Crippen LogP contribution < -0.4 is 4.74 Å². The number of hydrogen-bond acceptors (Lipinski definition) is 2. The van der Waals surface area contributed by atoms with Crippen LogP contribution in [0, 0.1) is 6.92 Å². The van der Waals surface area contributed by atoms with Gasteiger partial charge < -0.3 is 4.74 Å². The minimum atomic E-state index is 0.354. The van der Waals surface area contributed by atoms with E-state index in [1.54, 1.807) is 18.5 Å². The highest BCUT2D eigenvalue weighted by Crippen LogP contribution is 2.32. The van der Waals surface area contributed by atoms with Gasteiger partial charge in [0.2, 0.25) is 0 Å². The number of nitrogens with zero attached hydrogens (tertiary/aromatic N) is 1. The standard InChI is InChI=1S/C13H11Cl2NO/c1-9-2-3-11(15)13(6-9)17-12-4-5-16-8-10(12)7-14/h2-6,8H,7H2,1H3. The molecule has 1 aromatic heterocycles. The minimum Gasteiger partial charge on any atom is -0.455 e. The van der Waals surface area contributed by atoms with Crippen molar-refractivity contribution in [1.82, 2.24) is 4.98 Å². The summed E-state index contributed by atoms with van der Waals surface area (Å²) in [5.41, 5.74) is 1.93. The molecule has 0 saturated carbocycles. The van der Waals surface area contributed by atoms with Crippen molar-refractivity contribution in [1.29, 1.82) is 0 Å². The van der Waals surface area contributed by atoms with Crippen LogP contribution in [0.5, 0.6) is 11.5 Å². The van der Waals surface area contributed by atoms with E-state index in [-0.39, 0.29) is 0 Å². The van der Waals surface area contributed by atoms with Gasteiger partial charge in [0.25, 0.3) is 0 Å². The maximum atomic E-state index is 6.07. The van der Waals surface area contributed by atoms with Crippen molar-refractivity contribution in [3.8, 4) is 11.5 Å². The number of pyridine rings is 1. The Balaban J connectivity index is 2.34. The van der Waals surface area contributed by atoms with Crippen LogP contribution >= 0.6 is 23.2 Å². The summed E-state index contributed by atoms with van der Waals surface area (Å²) in [6.07, 6.45) is 3.35. The van der Waals surface area contributed by atoms with Crippen molar-refractivity contribution in [3.05, 3.63) is 52.8 Å². The molecule has 0 amide bonds. The number of halogens is 2. The van der Waals surface area contributed by atoms with Gasteiger partial charge in [-0.25, -0.2) is 0 Å². The molecular weight excluding hydrogens is 257 g/mol. The van der Waals surface area contributed by atoms with Crippen molar-refractivity contribution in [3.63, 3.8) is 0 Å². The summed E-state index contributed by atoms with van der Waals surface area (Å²) in [6.45, 7) is 1.98. The van der Waals surface area contributed by atoms with Gasteiger partial charge in [0.15, 0.2) is 0 Å². The second kappa shape index (κ2) is 5.39. The molecule has 88 valence electrons. The predicted octanol–water partition coefficient (Wildman–Crippen LogP) is 4.57. The first-order valence-corrected chi connectivity index (χ1v) is 6.05. The summed E-state index contributed by atoms with van der Waals surface area (Å²) < 4.78 is 5.76. The third kappa shape index (κ3) is 2.90. The first-order valence-electron chi connectivity index (χ1n) is 5.13. The zero-order valence-electron chi connectivity index (χ0n) is 9.28. The maximum Gasteiger partial charge on any atom is 0.146 e. The highest BCUT2D eigenvalue weighted by molar-refractivity contribution is 6.32. The normalized spacial score (nSPS) is 10.3. The molecule has 17 heavy (non-hydrogen) atoms. The molecule has 0 bridgehead atoms. The van der Waals surface area contributed by atoms with E-state index in [9.17, 15) is 0 Å². The third-order valence-electron chi connectivity index (χ3n) is 2.31. The number of benzene rings is 1. The fourth-order valence-electron chi connectivity index (χ4n) is 1.42. The molecule has 0 saturated heterocycles. The summed E-state index contributed by atoms with van der Waals surface area (Å²) in [7, 11) is 0. The molecule has 0 aliphatic heterocycles. The summed E-state index contributed by atoms with van der Waals surface area (Å²) in [4.78, 5) is 4.00. The molecule has 2 rings (SSSR count). The summed E-state index contributed by atoms with van der Waals surface area (Å²) in [5, 5.41) is 0.577. The van der Waals surface area contributed by atoms with Gasteiger partial charge in [0.1, 0.15) is 11.5 Å². The number of hydrogen-bond donors (Lipinski definition) is 0. The zero-order chi connectivity index (χ0) is 12.3. The van der Waals surface area contributed by atoms with Gasteiger partial charge in [-0.3, -0.25) is 4.98 Å². The Morgan fingerprint density at radius 3 is 2.82 bits per heavy atom. The highest BCUT2D eigenvalue weighted by atomic mass is 35.5. The van der Waals surface area contributed by atoms with Gasteiger partial charge in [0.05, 0.1) is 10.9 Å². The number of ether oxygens (including phenoxy) is 1. The quantitative estimate of drug-likeness (QED) is 0.760. The van der Waals surface area contributed by atoms with Gasteiger partial charge >= 0.3 is 0 Å². The Morgan fingerprint density at radius 2 is 2.06 bits per heavy atom. The zero-order valence-corrected chi connectivity index (χ0v) is 10.8. The van der Waals surface area contributed by atoms with Crippen molar-refractivity contribution in [2.45, 2.75) is 12.8 Å². The van der Waals surface area contributed by atoms with Crippen LogP contribution in [0.3, 0.4) is 0 Å². The summed E-state index contributed by atoms with van der Waals surface area (Å²) >= 11 is 11.9. The van der Waals surface area contributed by atoms with Crippen LogP contribution in [0.2, 0.25) is 5.02 Å². The molecule has 0 unspecified atom stereocenters. The van der Waals surface area contributed by atoms with Gasteiger partial charge in [-0.1, -0.05) is 17.7 Å². The van der Waals surface area contributed by atoms with E-state index in [1.165, 1.54) is 0 Å². The molecule has 0 N–H and O–H groups in total. The Hall–Kier alpha value is -1.25. The van der Waals surface area contributed by atoms with Gasteiger partial charge in [-0.15, -0.1) is 11.6 Å². The molecule has 2 nitrogen and oxygen atoms in total. The van der Waals surface area contributed by atoms with Crippen LogP contribution in [-0.2, 0) is 5.88 Å². The van der Waals surface area contributed by atoms with Crippen LogP contribution in [0.1, 0.15) is 11.1 Å². The number of aromatic nitrogens is 1. The van der Waals surface area contributed by atoms with Crippen LogP contribution in [-0.4, -0.2) is 4.98 Å². The molecular formula is C13H11Cl2NO. The second-order valence-electron chi connectivity index (χ2n) is 3.65. The Bertz CT molecular complexity index is 529. The van der Waals surface area contributed by atoms with Gasteiger partial charge in [0, 0.05) is 18.0 Å². The fourth-order valence-corrected chi connectivity index (χ4v) is 1.78. The maximum absolute atomic E-state index is 6.07. The SMILES string of the molecule is Cc1ccc(Cl)c(Oc2ccncc2CCl)c1. The molecule has 0 spiro atoms. The molecule has 0 radical (unpaired) electrons. The van der Waals surface area contributed by atoms with E-state index in [0.717, 1.165) is 11.1 Å². The van der Waals surface area contributed by atoms with E-state index < -0.39 is 0 Å². The number of rotatable bonds is 3. The smallest absolute Gasteiger partial charge is 0.146 e. The Kier molecular flexibility index (Phi) is 3.87. The lowest BCUT2D eigenvalue weighted by molar-refractivity contribution is 0.477. The highest BCUT2D eigenvalue weighted by Gasteiger charge is 2.07. The number of alkyl halides is 1. The average Bonchev–Trinajstić information content (AvgIpc) is 2.34. The Morgan fingerprint density at radius 1 is 1.24 bits per heavy atom. The van der Waals surface area contributed by atoms with Crippen molar-refractivity contribution in [2.24, 2.45) is 0 Å². The van der Waals surface area contributed by atoms with Crippen LogP contribution in [0.25, 0.3) is 0 Å². The molecule has 0 atom stereocenters. The monoisotopic (exact) mass is 267 g/mol. The van der Waals surface area contributed by atoms with Gasteiger partial charge in [-0.05, 0) is 30.7 Å². The molecule has 0 fully saturated rings. The molecule has 0 aliphatic carbocycles. The minimum absolute atomic E-state index is 0.354. The third-order valence-corrected chi connectivity index (χ3v) is 2.91. The van der Waals surface area contributed by atoms with Crippen molar-refractivity contribution >= 4 is 23.2 Å². The second-order valence-corrected chi connectivity index (χ2v) is 4.33. The van der Waals surface area contributed by atoms with E-state index in [0.29, 0.717) is 22.4 Å². The first kappa shape index (κ1) is 12.2. The lowest BCUT2D eigenvalue weighted by atomic mass is 10.2.